The number of hydrogen-bond acceptors (Lipinski definition) is 6. The number of rotatable bonds is 2. The number of carbonyl (C=O) groups is 1. The molecule has 2 aliphatic heterocycles. The Kier molecular flexibility index (Phi) is 4.63. The van der Waals surface area contributed by atoms with E-state index >= 15 is 0 Å². The van der Waals surface area contributed by atoms with Crippen LogP contribution >= 0.6 is 0 Å². The number of sulfone groups is 1. The molecule has 2 fully saturated rings. The fraction of sp³-hybridized carbons (Fsp3) is 0.526. The average molecular weight is 388 g/mol. The van der Waals surface area contributed by atoms with E-state index in [-0.39, 0.29) is 23.5 Å². The van der Waals surface area contributed by atoms with Gasteiger partial charge in [-0.05, 0) is 38.5 Å². The first-order valence-corrected chi connectivity index (χ1v) is 11.1. The second-order valence-corrected chi connectivity index (χ2v) is 9.71. The van der Waals surface area contributed by atoms with Gasteiger partial charge in [0.15, 0.2) is 9.84 Å². The molecule has 144 valence electrons. The van der Waals surface area contributed by atoms with Gasteiger partial charge >= 0.3 is 0 Å². The van der Waals surface area contributed by atoms with Crippen LogP contribution in [0.1, 0.15) is 28.2 Å². The van der Waals surface area contributed by atoms with Crippen molar-refractivity contribution in [2.75, 3.05) is 37.7 Å². The average Bonchev–Trinajstić information content (AvgIpc) is 3.02. The fourth-order valence-electron chi connectivity index (χ4n) is 3.90. The van der Waals surface area contributed by atoms with Crippen molar-refractivity contribution in [3.8, 4) is 0 Å². The third kappa shape index (κ3) is 3.68. The summed E-state index contributed by atoms with van der Waals surface area (Å²) in [6.45, 7) is 6.52. The van der Waals surface area contributed by atoms with E-state index in [2.05, 4.69) is 14.9 Å². The Balaban J connectivity index is 1.45. The first-order valence-electron chi connectivity index (χ1n) is 9.31. The third-order valence-corrected chi connectivity index (χ3v) is 7.40. The topological polar surface area (TPSA) is 83.5 Å². The Morgan fingerprint density at radius 3 is 2.33 bits per heavy atom. The summed E-state index contributed by atoms with van der Waals surface area (Å²) in [5.41, 5.74) is 3.91. The van der Waals surface area contributed by atoms with Crippen LogP contribution in [0.5, 0.6) is 0 Å². The van der Waals surface area contributed by atoms with Crippen LogP contribution in [0.15, 0.2) is 18.2 Å². The molecule has 1 amide bonds. The van der Waals surface area contributed by atoms with Gasteiger partial charge in [-0.15, -0.1) is 0 Å². The molecule has 3 heterocycles. The third-order valence-electron chi connectivity index (χ3n) is 5.65. The highest BCUT2D eigenvalue weighted by atomic mass is 32.2. The van der Waals surface area contributed by atoms with Gasteiger partial charge in [0.2, 0.25) is 0 Å². The minimum Gasteiger partial charge on any atom is -0.336 e. The number of fused-ring (bicyclic) bond motifs is 1. The first kappa shape index (κ1) is 18.3. The number of aromatic nitrogens is 2. The Labute approximate surface area is 159 Å². The van der Waals surface area contributed by atoms with E-state index in [4.69, 9.17) is 0 Å². The quantitative estimate of drug-likeness (QED) is 0.769. The maximum atomic E-state index is 12.9. The molecule has 2 aliphatic rings. The smallest absolute Gasteiger partial charge is 0.254 e. The van der Waals surface area contributed by atoms with Gasteiger partial charge in [0, 0.05) is 37.8 Å². The summed E-state index contributed by atoms with van der Waals surface area (Å²) in [5, 5.41) is 0. The van der Waals surface area contributed by atoms with E-state index in [1.54, 1.807) is 0 Å². The molecule has 1 atom stereocenters. The number of hydrogen-bond donors (Lipinski definition) is 0. The second kappa shape index (κ2) is 6.83. The van der Waals surface area contributed by atoms with Crippen molar-refractivity contribution in [3.05, 3.63) is 35.2 Å². The Morgan fingerprint density at radius 2 is 1.70 bits per heavy atom. The highest BCUT2D eigenvalue weighted by Crippen LogP contribution is 2.21. The van der Waals surface area contributed by atoms with Gasteiger partial charge in [0.1, 0.15) is 0 Å². The van der Waals surface area contributed by atoms with Gasteiger partial charge < -0.3 is 4.90 Å². The summed E-state index contributed by atoms with van der Waals surface area (Å²) in [7, 11) is -2.88. The molecule has 0 radical (unpaired) electrons. The second-order valence-electron chi connectivity index (χ2n) is 7.48. The zero-order valence-electron chi connectivity index (χ0n) is 15.7. The molecule has 0 bridgehead atoms. The maximum absolute atomic E-state index is 12.9. The molecule has 8 heteroatoms. The number of benzene rings is 1. The molecule has 4 rings (SSSR count). The number of piperazine rings is 1. The van der Waals surface area contributed by atoms with Crippen molar-refractivity contribution in [2.45, 2.75) is 26.3 Å². The largest absolute Gasteiger partial charge is 0.336 e. The molecular formula is C19H24N4O3S. The van der Waals surface area contributed by atoms with E-state index in [0.29, 0.717) is 25.1 Å². The minimum atomic E-state index is -2.88. The van der Waals surface area contributed by atoms with Gasteiger partial charge in [0.25, 0.3) is 5.91 Å². The Bertz CT molecular complexity index is 997. The molecule has 0 N–H and O–H groups in total. The molecule has 27 heavy (non-hydrogen) atoms. The highest BCUT2D eigenvalue weighted by molar-refractivity contribution is 7.91. The molecule has 0 saturated carbocycles. The van der Waals surface area contributed by atoms with Crippen molar-refractivity contribution in [3.63, 3.8) is 0 Å². The van der Waals surface area contributed by atoms with Crippen LogP contribution in [0, 0.1) is 13.8 Å². The van der Waals surface area contributed by atoms with Crippen LogP contribution in [0.4, 0.5) is 0 Å². The fourth-order valence-corrected chi connectivity index (χ4v) is 5.66. The van der Waals surface area contributed by atoms with Crippen LogP contribution in [0.25, 0.3) is 11.0 Å². The van der Waals surface area contributed by atoms with Crippen molar-refractivity contribution in [1.29, 1.82) is 0 Å². The van der Waals surface area contributed by atoms with E-state index in [0.717, 1.165) is 35.5 Å². The molecule has 2 saturated heterocycles. The molecule has 1 aromatic carbocycles. The molecule has 0 spiro atoms. The van der Waals surface area contributed by atoms with E-state index < -0.39 is 9.84 Å². The van der Waals surface area contributed by atoms with Crippen molar-refractivity contribution < 1.29 is 13.2 Å². The van der Waals surface area contributed by atoms with Crippen LogP contribution in [0.2, 0.25) is 0 Å². The SMILES string of the molecule is Cc1nc2ccc(C(=O)N3CCN(C4CCS(=O)(=O)C4)CC3)cc2nc1C. The maximum Gasteiger partial charge on any atom is 0.254 e. The predicted molar refractivity (Wildman–Crippen MR) is 104 cm³/mol. The minimum absolute atomic E-state index is 0.00405. The number of aryl methyl sites for hydroxylation is 2. The zero-order chi connectivity index (χ0) is 19.2. The lowest BCUT2D eigenvalue weighted by atomic mass is 10.1. The molecule has 7 nitrogen and oxygen atoms in total. The summed E-state index contributed by atoms with van der Waals surface area (Å²) in [6.07, 6.45) is 0.707. The lowest BCUT2D eigenvalue weighted by Crippen LogP contribution is -2.52. The first-order chi connectivity index (χ1) is 12.8. The number of carbonyl (C=O) groups excluding carboxylic acids is 1. The lowest BCUT2D eigenvalue weighted by molar-refractivity contribution is 0.0588. The van der Waals surface area contributed by atoms with Crippen LogP contribution < -0.4 is 0 Å². The summed E-state index contributed by atoms with van der Waals surface area (Å²) in [4.78, 5) is 26.0. The summed E-state index contributed by atoms with van der Waals surface area (Å²) < 4.78 is 23.4. The van der Waals surface area contributed by atoms with Gasteiger partial charge in [-0.1, -0.05) is 0 Å². The standard InChI is InChI=1S/C19H24N4O3S/c1-13-14(2)21-18-11-15(3-4-17(18)20-13)19(24)23-8-6-22(7-9-23)16-5-10-27(25,26)12-16/h3-4,11,16H,5-10,12H2,1-2H3. The molecule has 1 unspecified atom stereocenters. The van der Waals surface area contributed by atoms with Gasteiger partial charge in [-0.2, -0.15) is 0 Å². The van der Waals surface area contributed by atoms with Gasteiger partial charge in [-0.25, -0.2) is 18.4 Å². The molecule has 2 aromatic rings. The van der Waals surface area contributed by atoms with Crippen LogP contribution in [-0.2, 0) is 9.84 Å². The monoisotopic (exact) mass is 388 g/mol. The van der Waals surface area contributed by atoms with Crippen molar-refractivity contribution >= 4 is 26.8 Å². The lowest BCUT2D eigenvalue weighted by Gasteiger charge is -2.37. The van der Waals surface area contributed by atoms with E-state index in [1.165, 1.54) is 0 Å². The number of nitrogens with zero attached hydrogens (tertiary/aromatic N) is 4. The number of amides is 1. The Morgan fingerprint density at radius 1 is 1.04 bits per heavy atom. The Hall–Kier alpha value is -2.06. The van der Waals surface area contributed by atoms with Crippen LogP contribution in [-0.4, -0.2) is 77.8 Å². The van der Waals surface area contributed by atoms with E-state index in [9.17, 15) is 13.2 Å². The molecular weight excluding hydrogens is 364 g/mol. The van der Waals surface area contributed by atoms with Crippen LogP contribution in [0.3, 0.4) is 0 Å². The van der Waals surface area contributed by atoms with Crippen molar-refractivity contribution in [2.24, 2.45) is 0 Å². The van der Waals surface area contributed by atoms with E-state index in [1.807, 2.05) is 36.9 Å². The van der Waals surface area contributed by atoms with Crippen molar-refractivity contribution in [1.82, 2.24) is 19.8 Å². The summed E-state index contributed by atoms with van der Waals surface area (Å²) in [6, 6.07) is 5.58. The molecule has 1 aromatic heterocycles. The normalized spacial score (nSPS) is 23.0. The summed E-state index contributed by atoms with van der Waals surface area (Å²) in [5.74, 6) is 0.535. The predicted octanol–water partition coefficient (Wildman–Crippen LogP) is 1.19. The zero-order valence-corrected chi connectivity index (χ0v) is 16.5. The van der Waals surface area contributed by atoms with Gasteiger partial charge in [0.05, 0.1) is 33.9 Å². The summed E-state index contributed by atoms with van der Waals surface area (Å²) >= 11 is 0. The molecule has 0 aliphatic carbocycles. The highest BCUT2D eigenvalue weighted by Gasteiger charge is 2.34. The van der Waals surface area contributed by atoms with Gasteiger partial charge in [-0.3, -0.25) is 9.69 Å².